The molecule has 0 radical (unpaired) electrons. The van der Waals surface area contributed by atoms with E-state index in [0.717, 1.165) is 16.9 Å². The van der Waals surface area contributed by atoms with Crippen LogP contribution >= 0.6 is 57.6 Å². The van der Waals surface area contributed by atoms with Gasteiger partial charge in [-0.15, -0.1) is 21.5 Å². The second kappa shape index (κ2) is 11.1. The summed E-state index contributed by atoms with van der Waals surface area (Å²) in [6.45, 7) is 6.97. The number of aromatic hydroxyl groups is 1. The Balaban J connectivity index is 1.54. The minimum absolute atomic E-state index is 0.0708. The number of benzene rings is 2. The van der Waals surface area contributed by atoms with Crippen LogP contribution < -0.4 is 4.90 Å². The lowest BCUT2D eigenvalue weighted by molar-refractivity contribution is -0.117. The fraction of sp³-hybridized carbons (Fsp3) is 0.222. The number of thioether (sulfide) groups is 1. The van der Waals surface area contributed by atoms with E-state index in [9.17, 15) is 19.8 Å². The zero-order valence-electron chi connectivity index (χ0n) is 21.7. The Morgan fingerprint density at radius 2 is 1.75 bits per heavy atom. The number of hydrogen-bond donors (Lipinski definition) is 2. The van der Waals surface area contributed by atoms with Gasteiger partial charge in [0.1, 0.15) is 5.75 Å². The topological polar surface area (TPSA) is 117 Å². The molecule has 0 bridgehead atoms. The molecule has 1 atom stereocenters. The maximum absolute atomic E-state index is 13.8. The number of nitrogens with zero attached hydrogens (tertiary/aromatic N) is 4. The Labute approximate surface area is 252 Å². The molecule has 206 valence electrons. The number of phenolic OH excluding ortho intramolecular Hbond substituents is 1. The van der Waals surface area contributed by atoms with Gasteiger partial charge in [-0.25, -0.2) is 4.98 Å². The maximum atomic E-state index is 13.8. The fourth-order valence-electron chi connectivity index (χ4n) is 4.50. The van der Waals surface area contributed by atoms with Crippen LogP contribution in [0.3, 0.4) is 0 Å². The van der Waals surface area contributed by atoms with Crippen LogP contribution in [0.2, 0.25) is 10.0 Å². The number of aryl methyl sites for hydroxylation is 4. The molecular weight excluding hydrogens is 611 g/mol. The molecule has 3 heterocycles. The zero-order valence-corrected chi connectivity index (χ0v) is 25.6. The number of ketones is 1. The van der Waals surface area contributed by atoms with Crippen molar-refractivity contribution in [2.45, 2.75) is 43.8 Å². The van der Waals surface area contributed by atoms with Crippen molar-refractivity contribution in [2.24, 2.45) is 0 Å². The molecule has 1 unspecified atom stereocenters. The highest BCUT2D eigenvalue weighted by molar-refractivity contribution is 8.00. The van der Waals surface area contributed by atoms with Gasteiger partial charge in [0.25, 0.3) is 5.91 Å². The summed E-state index contributed by atoms with van der Waals surface area (Å²) in [6, 6.07) is 7.66. The summed E-state index contributed by atoms with van der Waals surface area (Å²) in [5.74, 6) is -1.29. The minimum Gasteiger partial charge on any atom is -0.507 e. The first-order valence-corrected chi connectivity index (χ1v) is 15.3. The second-order valence-electron chi connectivity index (χ2n) is 9.19. The van der Waals surface area contributed by atoms with Crippen molar-refractivity contribution in [2.75, 3.05) is 4.90 Å². The number of rotatable bonds is 7. The number of carbonyl (C=O) groups excluding carboxylic acids is 2. The molecule has 0 saturated carbocycles. The minimum atomic E-state index is -0.990. The molecule has 0 aliphatic carbocycles. The van der Waals surface area contributed by atoms with Crippen LogP contribution in [0, 0.1) is 27.7 Å². The third-order valence-electron chi connectivity index (χ3n) is 6.36. The van der Waals surface area contributed by atoms with E-state index in [1.807, 2.05) is 6.07 Å². The summed E-state index contributed by atoms with van der Waals surface area (Å²) in [5, 5.41) is 31.9. The van der Waals surface area contributed by atoms with Gasteiger partial charge in [-0.2, -0.15) is 0 Å². The lowest BCUT2D eigenvalue weighted by Gasteiger charge is -2.25. The van der Waals surface area contributed by atoms with E-state index in [-0.39, 0.29) is 16.5 Å². The number of amides is 1. The van der Waals surface area contributed by atoms with Crippen molar-refractivity contribution in [1.29, 1.82) is 0 Å². The molecule has 2 aromatic carbocycles. The Bertz CT molecular complexity index is 1690. The molecule has 2 aromatic heterocycles. The molecule has 2 N–H and O–H groups in total. The van der Waals surface area contributed by atoms with Crippen molar-refractivity contribution in [3.8, 4) is 5.75 Å². The molecule has 1 amide bonds. The monoisotopic (exact) mass is 632 g/mol. The maximum Gasteiger partial charge on any atom is 0.296 e. The van der Waals surface area contributed by atoms with Gasteiger partial charge in [-0.3, -0.25) is 14.5 Å². The summed E-state index contributed by atoms with van der Waals surface area (Å²) in [4.78, 5) is 33.3. The van der Waals surface area contributed by atoms with Gasteiger partial charge >= 0.3 is 0 Å². The van der Waals surface area contributed by atoms with Gasteiger partial charge in [0.2, 0.25) is 10.9 Å². The van der Waals surface area contributed by atoms with E-state index in [4.69, 9.17) is 23.2 Å². The van der Waals surface area contributed by atoms with Crippen LogP contribution in [0.4, 0.5) is 5.13 Å². The summed E-state index contributed by atoms with van der Waals surface area (Å²) >= 11 is 16.0. The van der Waals surface area contributed by atoms with E-state index < -0.39 is 23.5 Å². The third kappa shape index (κ3) is 5.24. The molecule has 8 nitrogen and oxygen atoms in total. The summed E-state index contributed by atoms with van der Waals surface area (Å²) in [5.41, 5.74) is 2.99. The number of carbonyl (C=O) groups is 2. The van der Waals surface area contributed by atoms with Crippen LogP contribution in [0.5, 0.6) is 5.75 Å². The first-order chi connectivity index (χ1) is 19.0. The normalized spacial score (nSPS) is 15.4. The lowest BCUT2D eigenvalue weighted by atomic mass is 9.92. The summed E-state index contributed by atoms with van der Waals surface area (Å²) in [7, 11) is 0. The summed E-state index contributed by atoms with van der Waals surface area (Å²) < 4.78 is 0.568. The summed E-state index contributed by atoms with van der Waals surface area (Å²) in [6.07, 6.45) is 0. The average Bonchev–Trinajstić information content (AvgIpc) is 3.57. The Hall–Kier alpha value is -2.96. The van der Waals surface area contributed by atoms with E-state index in [1.165, 1.54) is 28.0 Å². The molecule has 5 rings (SSSR count). The predicted octanol–water partition coefficient (Wildman–Crippen LogP) is 7.32. The molecule has 40 heavy (non-hydrogen) atoms. The van der Waals surface area contributed by atoms with Crippen LogP contribution in [0.25, 0.3) is 0 Å². The Morgan fingerprint density at radius 1 is 1.05 bits per heavy atom. The SMILES string of the molecule is Cc1nc(C)c(C(=O)C2=C(O)C(=O)N(c3nnc(SCc4ccc(Cl)cc4Cl)s3)C2c2cc(C)c(O)c(C)c2)s1. The number of phenols is 1. The van der Waals surface area contributed by atoms with Crippen molar-refractivity contribution in [3.05, 3.63) is 89.5 Å². The van der Waals surface area contributed by atoms with Crippen molar-refractivity contribution >= 4 is 74.5 Å². The van der Waals surface area contributed by atoms with Gasteiger partial charge in [0.15, 0.2) is 10.1 Å². The number of anilines is 1. The van der Waals surface area contributed by atoms with Crippen molar-refractivity contribution in [1.82, 2.24) is 15.2 Å². The largest absolute Gasteiger partial charge is 0.507 e. The number of aromatic nitrogens is 3. The molecule has 0 fully saturated rings. The van der Waals surface area contributed by atoms with Crippen LogP contribution in [-0.4, -0.2) is 37.1 Å². The lowest BCUT2D eigenvalue weighted by Crippen LogP contribution is -2.31. The number of hydrogen-bond acceptors (Lipinski definition) is 10. The molecule has 1 aliphatic rings. The van der Waals surface area contributed by atoms with E-state index in [0.29, 0.717) is 52.4 Å². The molecule has 0 spiro atoms. The zero-order chi connectivity index (χ0) is 28.9. The standard InChI is InChI=1S/C27H22Cl2N4O4S3/c1-11-7-16(8-12(2)21(11)34)20-19(22(35)24-13(3)30-14(4)39-24)23(36)25(37)33(20)26-31-32-27(40-26)38-10-15-5-6-17(28)9-18(15)29/h5-9,20,34,36H,10H2,1-4H3. The number of thiazole rings is 1. The van der Waals surface area contributed by atoms with E-state index in [2.05, 4.69) is 15.2 Å². The Kier molecular flexibility index (Phi) is 7.95. The second-order valence-corrected chi connectivity index (χ2v) is 13.4. The van der Waals surface area contributed by atoms with Gasteiger partial charge in [-0.1, -0.05) is 52.4 Å². The van der Waals surface area contributed by atoms with E-state index in [1.54, 1.807) is 52.0 Å². The number of Topliss-reactive ketones (excluding diaryl/α,β-unsaturated/α-hetero) is 1. The van der Waals surface area contributed by atoms with Gasteiger partial charge < -0.3 is 10.2 Å². The highest BCUT2D eigenvalue weighted by Gasteiger charge is 2.47. The highest BCUT2D eigenvalue weighted by Crippen LogP contribution is 2.45. The van der Waals surface area contributed by atoms with Gasteiger partial charge in [0.05, 0.1) is 27.2 Å². The van der Waals surface area contributed by atoms with Gasteiger partial charge in [-0.05, 0) is 74.2 Å². The number of aliphatic hydroxyl groups is 1. The molecule has 13 heteroatoms. The average molecular weight is 634 g/mol. The van der Waals surface area contributed by atoms with E-state index >= 15 is 0 Å². The fourth-order valence-corrected chi connectivity index (χ4v) is 7.80. The third-order valence-corrected chi connectivity index (χ3v) is 10.1. The predicted molar refractivity (Wildman–Crippen MR) is 159 cm³/mol. The molecule has 1 aliphatic heterocycles. The van der Waals surface area contributed by atoms with Crippen molar-refractivity contribution in [3.63, 3.8) is 0 Å². The highest BCUT2D eigenvalue weighted by atomic mass is 35.5. The first-order valence-electron chi connectivity index (χ1n) is 11.9. The van der Waals surface area contributed by atoms with Crippen LogP contribution in [0.15, 0.2) is 46.0 Å². The molecular formula is C27H22Cl2N4O4S3. The first kappa shape index (κ1) is 28.6. The molecule has 0 saturated heterocycles. The molecule has 4 aromatic rings. The number of halogens is 2. The van der Waals surface area contributed by atoms with Crippen molar-refractivity contribution < 1.29 is 19.8 Å². The van der Waals surface area contributed by atoms with Crippen LogP contribution in [-0.2, 0) is 10.5 Å². The number of aliphatic hydroxyl groups excluding tert-OH is 1. The smallest absolute Gasteiger partial charge is 0.296 e. The Morgan fingerprint density at radius 3 is 2.38 bits per heavy atom. The van der Waals surface area contributed by atoms with Crippen LogP contribution in [0.1, 0.15) is 48.7 Å². The van der Waals surface area contributed by atoms with Gasteiger partial charge in [0, 0.05) is 15.8 Å². The quantitative estimate of drug-likeness (QED) is 0.124.